The van der Waals surface area contributed by atoms with Crippen molar-refractivity contribution in [1.29, 1.82) is 0 Å². The van der Waals surface area contributed by atoms with Gasteiger partial charge in [0, 0.05) is 38.6 Å². The van der Waals surface area contributed by atoms with Crippen LogP contribution in [0.25, 0.3) is 0 Å². The van der Waals surface area contributed by atoms with E-state index in [1.54, 1.807) is 19.2 Å². The van der Waals surface area contributed by atoms with Gasteiger partial charge in [0.25, 0.3) is 0 Å². The average Bonchev–Trinajstić information content (AvgIpc) is 0.839. The fourth-order valence-corrected chi connectivity index (χ4v) is 12.8. The Morgan fingerprint density at radius 3 is 1.26 bits per heavy atom. The number of hydrogen-bond donors (Lipinski definition) is 0. The van der Waals surface area contributed by atoms with E-state index < -0.39 is 11.7 Å². The Balaban J connectivity index is 0.000000460. The number of halogens is 3. The molecule has 0 saturated carbocycles. The maximum atomic E-state index is 12.6. The maximum Gasteiger partial charge on any atom is 0.416 e. The zero-order chi connectivity index (χ0) is 91.0. The predicted octanol–water partition coefficient (Wildman–Crippen LogP) is 32.5. The molecule has 0 atom stereocenters. The first-order chi connectivity index (χ1) is 56.8. The maximum absolute atomic E-state index is 12.6. The van der Waals surface area contributed by atoms with E-state index >= 15 is 0 Å². The van der Waals surface area contributed by atoms with Gasteiger partial charge < -0.3 is 28.6 Å². The fraction of sp³-hybridized carbons (Fsp3) is 0.509. The van der Waals surface area contributed by atoms with Gasteiger partial charge in [0.15, 0.2) is 0 Å². The standard InChI is InChI=1S/C15H14F3NO.C13H25NO2.C13H20.C11H16O.C11H16.C10H14O.2C10H14.C9H12.C8H16O/c1-10(2)11-3-5-13(6-4-11)20-14-9-12(7-8-19-14)15(16,17)18;1-10(2)11-6-8-14(9-7-11)12(15)16-13(3,4)5;1-10(2)11-6-8-12(9-7-11)13(3,4)5;1-4-12-11-7-5-6-10(8-11)9(2)3;1-9(2)8-11-7-5-4-6-10(11)3;1-8(2)9-4-6-10(11-3)7-5-9;1-8(2)10-6-4-9(3)5-7-10;1-9(2)8-10-6-4-3-5-7-10;1-8(2)9-6-4-3-5-7-9;1-7(2)8-3-5-9-6-4-8/h3-10H,1-2H3;10-11H,6-9H2,1-5H3;6-10H,1-5H3;5-9H,4H2,1-3H3;4-7,9H,8H2,1-3H3;4-8H,1-3H3;4-8H,1-3H3;3-7,9H,8H2,1-2H3;3-8H,1-2H3;7-8H,3-6H2,1-2H3. The van der Waals surface area contributed by atoms with Crippen LogP contribution >= 0.6 is 0 Å². The number of benzene rings is 8. The van der Waals surface area contributed by atoms with Crippen LogP contribution in [0.5, 0.6) is 23.1 Å². The SMILES string of the molecule is CC(C)C1CCN(C(=O)OC(C)(C)C)CC1.CC(C)C1CCOCC1.CC(C)Cc1ccccc1.CC(C)c1ccc(C(C)(C)C)cc1.CC(C)c1ccc(Oc2cc(C(F)(F)F)ccn2)cc1.CC(C)c1ccccc1.CCOc1cccc(C(C)C)c1.COc1ccc(C(C)C)cc1.Cc1ccc(C(C)C)cc1.Cc1ccccc1CC(C)C. The van der Waals surface area contributed by atoms with Crippen LogP contribution < -0.4 is 14.2 Å². The van der Waals surface area contributed by atoms with Crippen LogP contribution in [0.3, 0.4) is 0 Å². The highest BCUT2D eigenvalue weighted by atomic mass is 19.4. The second-order valence-corrected chi connectivity index (χ2v) is 37.3. The van der Waals surface area contributed by atoms with Gasteiger partial charge >= 0.3 is 12.3 Å². The number of carbonyl (C=O) groups is 1. The molecule has 11 rings (SSSR count). The van der Waals surface area contributed by atoms with Crippen LogP contribution in [0.1, 0.15) is 315 Å². The van der Waals surface area contributed by atoms with Crippen molar-refractivity contribution in [3.05, 3.63) is 291 Å². The Hall–Kier alpha value is -8.67. The summed E-state index contributed by atoms with van der Waals surface area (Å²) in [4.78, 5) is 17.4. The van der Waals surface area contributed by atoms with Gasteiger partial charge in [-0.3, -0.25) is 0 Å². The molecule has 0 radical (unpaired) electrons. The first kappa shape index (κ1) is 108. The minimum Gasteiger partial charge on any atom is -0.497 e. The van der Waals surface area contributed by atoms with Crippen LogP contribution in [-0.4, -0.2) is 61.6 Å². The first-order valence-electron chi connectivity index (χ1n) is 44.9. The lowest BCUT2D eigenvalue weighted by atomic mass is 9.86. The third-order valence-electron chi connectivity index (χ3n) is 20.8. The molecule has 121 heavy (non-hydrogen) atoms. The van der Waals surface area contributed by atoms with Crippen molar-refractivity contribution in [3.63, 3.8) is 0 Å². The first-order valence-corrected chi connectivity index (χ1v) is 44.9. The Bertz CT molecular complexity index is 4100. The molecule has 9 aromatic rings. The number of rotatable bonds is 17. The van der Waals surface area contributed by atoms with Gasteiger partial charge in [-0.2, -0.15) is 13.2 Å². The minimum absolute atomic E-state index is 0.0721. The number of piperidine rings is 1. The van der Waals surface area contributed by atoms with Gasteiger partial charge in [-0.15, -0.1) is 0 Å². The Morgan fingerprint density at radius 1 is 0.446 bits per heavy atom. The number of methoxy groups -OCH3 is 1. The van der Waals surface area contributed by atoms with E-state index in [-0.39, 0.29) is 23.0 Å². The number of nitrogens with zero attached hydrogens (tertiary/aromatic N) is 2. The number of likely N-dealkylation sites (tertiary alicyclic amines) is 1. The van der Waals surface area contributed by atoms with Crippen LogP contribution in [0.2, 0.25) is 0 Å². The van der Waals surface area contributed by atoms with Gasteiger partial charge in [-0.1, -0.05) is 335 Å². The third-order valence-corrected chi connectivity index (χ3v) is 20.8. The van der Waals surface area contributed by atoms with Crippen molar-refractivity contribution in [2.24, 2.45) is 35.5 Å². The van der Waals surface area contributed by atoms with E-state index in [0.29, 0.717) is 41.3 Å². The number of amides is 1. The number of hydrogen-bond acceptors (Lipinski definition) is 7. The normalized spacial score (nSPS) is 12.8. The molecular weight excluding hydrogens is 1500 g/mol. The second-order valence-electron chi connectivity index (χ2n) is 37.3. The predicted molar refractivity (Wildman–Crippen MR) is 512 cm³/mol. The molecule has 2 aliphatic heterocycles. The van der Waals surface area contributed by atoms with E-state index in [9.17, 15) is 18.0 Å². The number of pyridine rings is 1. The van der Waals surface area contributed by atoms with Crippen LogP contribution in [0, 0.1) is 49.4 Å². The van der Waals surface area contributed by atoms with Gasteiger partial charge in [0.2, 0.25) is 5.88 Å². The van der Waals surface area contributed by atoms with Crippen molar-refractivity contribution >= 4 is 6.09 Å². The summed E-state index contributed by atoms with van der Waals surface area (Å²) < 4.78 is 64.1. The number of alkyl halides is 3. The quantitative estimate of drug-likeness (QED) is 0.0899. The molecule has 3 heterocycles. The van der Waals surface area contributed by atoms with Crippen LogP contribution in [0.15, 0.2) is 225 Å². The Kier molecular flexibility index (Phi) is 51.6. The fourth-order valence-electron chi connectivity index (χ4n) is 12.8. The molecule has 0 unspecified atom stereocenters. The third kappa shape index (κ3) is 48.1. The molecule has 11 heteroatoms. The van der Waals surface area contributed by atoms with Gasteiger partial charge in [-0.25, -0.2) is 9.78 Å². The molecule has 0 bridgehead atoms. The van der Waals surface area contributed by atoms with Gasteiger partial charge in [0.1, 0.15) is 22.8 Å². The summed E-state index contributed by atoms with van der Waals surface area (Å²) in [6.07, 6.45) is 3.69. The molecule has 668 valence electrons. The lowest BCUT2D eigenvalue weighted by Gasteiger charge is -2.34. The smallest absolute Gasteiger partial charge is 0.416 e. The van der Waals surface area contributed by atoms with Crippen LogP contribution in [0.4, 0.5) is 18.0 Å². The lowest BCUT2D eigenvalue weighted by molar-refractivity contribution is -0.137. The molecule has 2 saturated heterocycles. The van der Waals surface area contributed by atoms with Gasteiger partial charge in [-0.05, 0) is 255 Å². The molecule has 2 fully saturated rings. The number of aryl methyl sites for hydroxylation is 2. The summed E-state index contributed by atoms with van der Waals surface area (Å²) in [5.74, 6) is 10.6. The molecule has 8 aromatic carbocycles. The molecule has 0 aliphatic carbocycles. The molecular formula is C110H161F3N2O6. The highest BCUT2D eigenvalue weighted by Crippen LogP contribution is 2.33. The second kappa shape index (κ2) is 57.6. The van der Waals surface area contributed by atoms with E-state index in [0.717, 1.165) is 117 Å². The molecule has 0 N–H and O–H groups in total. The summed E-state index contributed by atoms with van der Waals surface area (Å²) in [6.45, 7) is 67.4. The number of carbonyl (C=O) groups excluding carboxylic acids is 1. The van der Waals surface area contributed by atoms with Crippen molar-refractivity contribution in [2.45, 2.75) is 292 Å². The summed E-state index contributed by atoms with van der Waals surface area (Å²) in [5.41, 5.74) is 14.3. The zero-order valence-electron chi connectivity index (χ0n) is 80.5. The Morgan fingerprint density at radius 2 is 0.860 bits per heavy atom. The van der Waals surface area contributed by atoms with E-state index in [1.165, 1.54) is 81.3 Å². The Labute approximate surface area is 735 Å². The number of ether oxygens (including phenoxy) is 5. The van der Waals surface area contributed by atoms with E-state index in [2.05, 4.69) is 330 Å². The van der Waals surface area contributed by atoms with Crippen molar-refractivity contribution in [1.82, 2.24) is 9.88 Å². The topological polar surface area (TPSA) is 79.4 Å². The van der Waals surface area contributed by atoms with Crippen molar-refractivity contribution in [2.75, 3.05) is 40.0 Å². The lowest BCUT2D eigenvalue weighted by Crippen LogP contribution is -2.42. The minimum atomic E-state index is -4.40. The summed E-state index contributed by atoms with van der Waals surface area (Å²) >= 11 is 0. The molecule has 8 nitrogen and oxygen atoms in total. The highest BCUT2D eigenvalue weighted by Gasteiger charge is 2.31. The molecule has 0 spiro atoms. The van der Waals surface area contributed by atoms with Crippen molar-refractivity contribution in [3.8, 4) is 23.1 Å². The van der Waals surface area contributed by atoms with E-state index in [1.807, 2.05) is 75.1 Å². The summed E-state index contributed by atoms with van der Waals surface area (Å²) in [5, 5.41) is 0. The zero-order valence-corrected chi connectivity index (χ0v) is 80.5. The molecule has 2 aliphatic rings. The number of aromatic nitrogens is 1. The van der Waals surface area contributed by atoms with Crippen LogP contribution in [-0.2, 0) is 33.9 Å². The molecule has 1 amide bonds. The summed E-state index contributed by atoms with van der Waals surface area (Å²) in [7, 11) is 1.68. The van der Waals surface area contributed by atoms with Gasteiger partial charge in [0.05, 0.1) is 19.3 Å². The summed E-state index contributed by atoms with van der Waals surface area (Å²) in [6, 6.07) is 72.9. The van der Waals surface area contributed by atoms with Crippen molar-refractivity contribution < 1.29 is 41.7 Å². The monoisotopic (exact) mass is 1660 g/mol. The van der Waals surface area contributed by atoms with E-state index in [4.69, 9.17) is 23.7 Å². The molecule has 1 aromatic heterocycles. The largest absolute Gasteiger partial charge is 0.497 e. The average molecular weight is 1660 g/mol. The highest BCUT2D eigenvalue weighted by molar-refractivity contribution is 5.68.